The van der Waals surface area contributed by atoms with Gasteiger partial charge in [0, 0.05) is 6.54 Å². The molecule has 0 amide bonds. The highest BCUT2D eigenvalue weighted by molar-refractivity contribution is 5.79. The monoisotopic (exact) mass is 257 g/mol. The van der Waals surface area contributed by atoms with Gasteiger partial charge in [-0.05, 0) is 38.6 Å². The van der Waals surface area contributed by atoms with Crippen LogP contribution in [0, 0.1) is 0 Å². The van der Waals surface area contributed by atoms with Gasteiger partial charge in [-0.15, -0.1) is 0 Å². The van der Waals surface area contributed by atoms with Crippen LogP contribution in [0.3, 0.4) is 0 Å². The van der Waals surface area contributed by atoms with E-state index in [9.17, 15) is 15.0 Å². The first-order valence-corrected chi connectivity index (χ1v) is 7.15. The molecule has 0 bridgehead atoms. The van der Waals surface area contributed by atoms with Crippen LogP contribution < -0.4 is 0 Å². The predicted molar refractivity (Wildman–Crippen MR) is 71.6 cm³/mol. The van der Waals surface area contributed by atoms with Crippen molar-refractivity contribution in [3.05, 3.63) is 0 Å². The van der Waals surface area contributed by atoms with Gasteiger partial charge in [0.15, 0.2) is 0 Å². The summed E-state index contributed by atoms with van der Waals surface area (Å²) in [5.41, 5.74) is -1.49. The summed E-state index contributed by atoms with van der Waals surface area (Å²) in [6.45, 7) is 7.21. The summed E-state index contributed by atoms with van der Waals surface area (Å²) in [7, 11) is 0. The van der Waals surface area contributed by atoms with Gasteiger partial charge in [-0.3, -0.25) is 9.69 Å². The first-order valence-electron chi connectivity index (χ1n) is 7.15. The van der Waals surface area contributed by atoms with Crippen LogP contribution in [0.2, 0.25) is 0 Å². The minimum atomic E-state index is -0.751. The number of carboxylic acids is 1. The van der Waals surface area contributed by atoms with Crippen molar-refractivity contribution in [3.8, 4) is 0 Å². The molecule has 18 heavy (non-hydrogen) atoms. The van der Waals surface area contributed by atoms with Crippen LogP contribution in [0.1, 0.15) is 59.3 Å². The van der Waals surface area contributed by atoms with Crippen LogP contribution in [-0.4, -0.2) is 45.3 Å². The maximum Gasteiger partial charge on any atom is 0.324 e. The lowest BCUT2D eigenvalue weighted by molar-refractivity contribution is -0.152. The molecular weight excluding hydrogens is 230 g/mol. The Morgan fingerprint density at radius 1 is 1.33 bits per heavy atom. The molecule has 1 heterocycles. The average Bonchev–Trinajstić information content (AvgIpc) is 2.74. The van der Waals surface area contributed by atoms with Crippen molar-refractivity contribution >= 4 is 5.97 Å². The maximum absolute atomic E-state index is 11.7. The second-order valence-corrected chi connectivity index (χ2v) is 5.54. The molecule has 1 atom stereocenters. The van der Waals surface area contributed by atoms with Crippen LogP contribution in [0.4, 0.5) is 0 Å². The SMILES string of the molecule is CCCC1(C(=O)O)CCCN1CC(O)(CC)CC. The minimum absolute atomic E-state index is 0.478. The number of likely N-dealkylation sites (tertiary alicyclic amines) is 1. The standard InChI is InChI=1S/C14H27NO3/c1-4-8-14(12(16)17)9-7-10-15(14)11-13(18,5-2)6-3/h18H,4-11H2,1-3H3,(H,16,17). The zero-order chi connectivity index (χ0) is 13.8. The molecule has 1 saturated heterocycles. The fraction of sp³-hybridized carbons (Fsp3) is 0.929. The summed E-state index contributed by atoms with van der Waals surface area (Å²) >= 11 is 0. The van der Waals surface area contributed by atoms with Crippen molar-refractivity contribution in [2.75, 3.05) is 13.1 Å². The van der Waals surface area contributed by atoms with Gasteiger partial charge in [0.1, 0.15) is 5.54 Å². The summed E-state index contributed by atoms with van der Waals surface area (Å²) in [4.78, 5) is 13.7. The largest absolute Gasteiger partial charge is 0.480 e. The smallest absolute Gasteiger partial charge is 0.324 e. The summed E-state index contributed by atoms with van der Waals surface area (Å²) < 4.78 is 0. The maximum atomic E-state index is 11.7. The predicted octanol–water partition coefficient (Wildman–Crippen LogP) is 2.26. The van der Waals surface area contributed by atoms with Crippen molar-refractivity contribution in [1.29, 1.82) is 0 Å². The Morgan fingerprint density at radius 2 is 1.94 bits per heavy atom. The molecule has 0 aromatic carbocycles. The molecule has 1 aliphatic heterocycles. The number of hydrogen-bond donors (Lipinski definition) is 2. The number of carboxylic acid groups (broad SMARTS) is 1. The second kappa shape index (κ2) is 6.02. The Bertz CT molecular complexity index is 289. The van der Waals surface area contributed by atoms with E-state index in [2.05, 4.69) is 0 Å². The second-order valence-electron chi connectivity index (χ2n) is 5.54. The number of carbonyl (C=O) groups is 1. The summed E-state index contributed by atoms with van der Waals surface area (Å²) in [6, 6.07) is 0. The van der Waals surface area contributed by atoms with E-state index >= 15 is 0 Å². The van der Waals surface area contributed by atoms with Gasteiger partial charge < -0.3 is 10.2 Å². The van der Waals surface area contributed by atoms with Crippen molar-refractivity contribution in [3.63, 3.8) is 0 Å². The van der Waals surface area contributed by atoms with Crippen LogP contribution in [0.15, 0.2) is 0 Å². The molecule has 0 aromatic heterocycles. The highest BCUT2D eigenvalue weighted by Crippen LogP contribution is 2.36. The van der Waals surface area contributed by atoms with Gasteiger partial charge in [0.25, 0.3) is 0 Å². The number of hydrogen-bond acceptors (Lipinski definition) is 3. The van der Waals surface area contributed by atoms with E-state index in [0.29, 0.717) is 32.2 Å². The van der Waals surface area contributed by atoms with Crippen molar-refractivity contribution < 1.29 is 15.0 Å². The fourth-order valence-electron chi connectivity index (χ4n) is 3.04. The molecule has 4 heteroatoms. The van der Waals surface area contributed by atoms with E-state index in [1.807, 2.05) is 25.7 Å². The van der Waals surface area contributed by atoms with Crippen molar-refractivity contribution in [2.24, 2.45) is 0 Å². The van der Waals surface area contributed by atoms with E-state index in [-0.39, 0.29) is 0 Å². The molecule has 0 radical (unpaired) electrons. The number of aliphatic carboxylic acids is 1. The molecule has 1 unspecified atom stereocenters. The molecule has 1 rings (SSSR count). The van der Waals surface area contributed by atoms with Crippen LogP contribution in [0.5, 0.6) is 0 Å². The highest BCUT2D eigenvalue weighted by atomic mass is 16.4. The van der Waals surface area contributed by atoms with E-state index in [1.165, 1.54) is 0 Å². The van der Waals surface area contributed by atoms with E-state index in [0.717, 1.165) is 19.4 Å². The first kappa shape index (κ1) is 15.4. The first-order chi connectivity index (χ1) is 8.44. The van der Waals surface area contributed by atoms with Crippen molar-refractivity contribution in [1.82, 2.24) is 4.90 Å². The Morgan fingerprint density at radius 3 is 2.39 bits per heavy atom. The summed E-state index contributed by atoms with van der Waals surface area (Å²) in [6.07, 6.45) is 4.49. The molecule has 1 fully saturated rings. The van der Waals surface area contributed by atoms with Gasteiger partial charge in [-0.25, -0.2) is 0 Å². The van der Waals surface area contributed by atoms with Crippen molar-refractivity contribution in [2.45, 2.75) is 70.4 Å². The quantitative estimate of drug-likeness (QED) is 0.734. The molecule has 0 aliphatic carbocycles. The lowest BCUT2D eigenvalue weighted by atomic mass is 9.88. The Hall–Kier alpha value is -0.610. The van der Waals surface area contributed by atoms with E-state index in [1.54, 1.807) is 0 Å². The number of nitrogens with zero attached hydrogens (tertiary/aromatic N) is 1. The molecule has 1 aliphatic rings. The lowest BCUT2D eigenvalue weighted by Gasteiger charge is -2.39. The third-order valence-corrected chi connectivity index (χ3v) is 4.49. The number of rotatable bonds is 7. The molecule has 0 saturated carbocycles. The molecular formula is C14H27NO3. The summed E-state index contributed by atoms with van der Waals surface area (Å²) in [5.74, 6) is -0.726. The highest BCUT2D eigenvalue weighted by Gasteiger charge is 2.48. The molecule has 0 aromatic rings. The lowest BCUT2D eigenvalue weighted by Crippen LogP contribution is -2.55. The number of aliphatic hydroxyl groups is 1. The Labute approximate surface area is 110 Å². The Kier molecular flexibility index (Phi) is 5.17. The third-order valence-electron chi connectivity index (χ3n) is 4.49. The average molecular weight is 257 g/mol. The van der Waals surface area contributed by atoms with Crippen LogP contribution >= 0.6 is 0 Å². The normalized spacial score (nSPS) is 25.6. The minimum Gasteiger partial charge on any atom is -0.480 e. The van der Waals surface area contributed by atoms with Gasteiger partial charge in [-0.1, -0.05) is 27.2 Å². The molecule has 4 nitrogen and oxygen atoms in total. The van der Waals surface area contributed by atoms with E-state index in [4.69, 9.17) is 0 Å². The number of β-amino-alcohol motifs (C(OH)–C–C–N with tert-alkyl or cyclic N) is 1. The van der Waals surface area contributed by atoms with E-state index < -0.39 is 17.1 Å². The molecule has 106 valence electrons. The van der Waals surface area contributed by atoms with Gasteiger partial charge in [-0.2, -0.15) is 0 Å². The van der Waals surface area contributed by atoms with Crippen LogP contribution in [-0.2, 0) is 4.79 Å². The molecule has 2 N–H and O–H groups in total. The summed E-state index contributed by atoms with van der Waals surface area (Å²) in [5, 5.41) is 20.0. The third kappa shape index (κ3) is 2.86. The topological polar surface area (TPSA) is 60.8 Å². The zero-order valence-electron chi connectivity index (χ0n) is 11.9. The fourth-order valence-corrected chi connectivity index (χ4v) is 3.04. The molecule has 0 spiro atoms. The Balaban J connectivity index is 2.89. The van der Waals surface area contributed by atoms with Crippen LogP contribution in [0.25, 0.3) is 0 Å². The van der Waals surface area contributed by atoms with Gasteiger partial charge >= 0.3 is 5.97 Å². The zero-order valence-corrected chi connectivity index (χ0v) is 11.9. The van der Waals surface area contributed by atoms with Gasteiger partial charge in [0.2, 0.25) is 0 Å². The van der Waals surface area contributed by atoms with Gasteiger partial charge in [0.05, 0.1) is 5.60 Å².